The Kier molecular flexibility index (Phi) is 4.77. The van der Waals surface area contributed by atoms with Gasteiger partial charge in [-0.1, -0.05) is 6.07 Å². The van der Waals surface area contributed by atoms with E-state index < -0.39 is 6.10 Å². The van der Waals surface area contributed by atoms with E-state index in [1.54, 1.807) is 13.0 Å². The lowest BCUT2D eigenvalue weighted by atomic mass is 9.98. The van der Waals surface area contributed by atoms with Gasteiger partial charge < -0.3 is 14.7 Å². The Morgan fingerprint density at radius 2 is 2.11 bits per heavy atom. The summed E-state index contributed by atoms with van der Waals surface area (Å²) >= 11 is 0. The number of aliphatic hydroxyl groups excluding tert-OH is 1. The molecule has 0 saturated carbocycles. The highest BCUT2D eigenvalue weighted by Crippen LogP contribution is 2.29. The molecule has 4 heteroatoms. The van der Waals surface area contributed by atoms with E-state index in [2.05, 4.69) is 0 Å². The molecule has 106 valence electrons. The summed E-state index contributed by atoms with van der Waals surface area (Å²) in [6.07, 6.45) is 1.29. The number of hydrogen-bond donors (Lipinski definition) is 1. The largest absolute Gasteiger partial charge is 0.389 e. The Hall–Kier alpha value is -1.13. The van der Waals surface area contributed by atoms with Gasteiger partial charge in [0.15, 0.2) is 0 Å². The van der Waals surface area contributed by atoms with Crippen LogP contribution in [0.25, 0.3) is 0 Å². The molecule has 0 bridgehead atoms. The maximum absolute atomic E-state index is 13.8. The summed E-state index contributed by atoms with van der Waals surface area (Å²) in [5.41, 5.74) is 1.17. The van der Waals surface area contributed by atoms with Gasteiger partial charge in [0.2, 0.25) is 0 Å². The average molecular weight is 267 g/mol. The van der Waals surface area contributed by atoms with E-state index in [0.29, 0.717) is 11.5 Å². The summed E-state index contributed by atoms with van der Waals surface area (Å²) in [4.78, 5) is 2.04. The molecule has 1 N–H and O–H groups in total. The molecule has 0 unspecified atom stereocenters. The van der Waals surface area contributed by atoms with E-state index in [4.69, 9.17) is 4.74 Å². The molecule has 1 saturated heterocycles. The van der Waals surface area contributed by atoms with Gasteiger partial charge in [-0.15, -0.1) is 0 Å². The zero-order valence-corrected chi connectivity index (χ0v) is 11.6. The number of nitrogens with zero attached hydrogens (tertiary/aromatic N) is 1. The normalized spacial score (nSPS) is 18.3. The smallest absolute Gasteiger partial charge is 0.131 e. The topological polar surface area (TPSA) is 32.7 Å². The van der Waals surface area contributed by atoms with Crippen molar-refractivity contribution in [2.45, 2.75) is 25.9 Å². The molecule has 2 rings (SSSR count). The van der Waals surface area contributed by atoms with Crippen LogP contribution in [0.1, 0.15) is 31.4 Å². The van der Waals surface area contributed by atoms with Gasteiger partial charge in [-0.3, -0.25) is 0 Å². The van der Waals surface area contributed by atoms with Crippen LogP contribution in [0.2, 0.25) is 0 Å². The third-order valence-corrected chi connectivity index (χ3v) is 3.73. The lowest BCUT2D eigenvalue weighted by Gasteiger charge is -2.30. The van der Waals surface area contributed by atoms with Gasteiger partial charge >= 0.3 is 0 Å². The molecule has 0 spiro atoms. The van der Waals surface area contributed by atoms with E-state index in [1.807, 2.05) is 18.0 Å². The van der Waals surface area contributed by atoms with Crippen LogP contribution in [0.15, 0.2) is 18.2 Å². The maximum atomic E-state index is 13.8. The third kappa shape index (κ3) is 3.45. The van der Waals surface area contributed by atoms with Gasteiger partial charge in [-0.25, -0.2) is 4.39 Å². The molecule has 1 aliphatic heterocycles. The van der Waals surface area contributed by atoms with Crippen LogP contribution >= 0.6 is 0 Å². The minimum atomic E-state index is -0.798. The van der Waals surface area contributed by atoms with Gasteiger partial charge in [-0.2, -0.15) is 0 Å². The lowest BCUT2D eigenvalue weighted by molar-refractivity contribution is 0.0685. The molecule has 0 aliphatic carbocycles. The van der Waals surface area contributed by atoms with Crippen LogP contribution in [-0.2, 0) is 4.74 Å². The molecule has 1 aromatic carbocycles. The highest BCUT2D eigenvalue weighted by molar-refractivity contribution is 5.54. The van der Waals surface area contributed by atoms with Crippen molar-refractivity contribution in [1.82, 2.24) is 0 Å². The van der Waals surface area contributed by atoms with E-state index >= 15 is 0 Å². The molecule has 1 heterocycles. The quantitative estimate of drug-likeness (QED) is 0.910. The zero-order valence-electron chi connectivity index (χ0n) is 11.6. The molecule has 19 heavy (non-hydrogen) atoms. The number of benzene rings is 1. The van der Waals surface area contributed by atoms with Crippen molar-refractivity contribution in [3.63, 3.8) is 0 Å². The number of aliphatic hydroxyl groups is 1. The van der Waals surface area contributed by atoms with E-state index in [1.165, 1.54) is 6.07 Å². The van der Waals surface area contributed by atoms with Gasteiger partial charge in [0.05, 0.1) is 6.10 Å². The Balaban J connectivity index is 2.13. The molecular formula is C15H22FNO2. The van der Waals surface area contributed by atoms with E-state index in [0.717, 1.165) is 38.3 Å². The highest BCUT2D eigenvalue weighted by atomic mass is 19.1. The first-order chi connectivity index (χ1) is 9.09. The predicted molar refractivity (Wildman–Crippen MR) is 73.8 cm³/mol. The number of hydrogen-bond acceptors (Lipinski definition) is 3. The molecule has 1 atom stereocenters. The predicted octanol–water partition coefficient (Wildman–Crippen LogP) is 2.74. The standard InChI is InChI=1S/C15H22FNO2/c1-11(18)15-13(16)4-3-5-14(15)17(2)10-12-6-8-19-9-7-12/h3-5,11-12,18H,6-10H2,1-2H3/t11-/m1/s1. The van der Waals surface area contributed by atoms with Crippen LogP contribution in [0, 0.1) is 11.7 Å². The molecule has 1 fully saturated rings. The van der Waals surface area contributed by atoms with Crippen LogP contribution < -0.4 is 4.90 Å². The summed E-state index contributed by atoms with van der Waals surface area (Å²) in [6, 6.07) is 4.95. The van der Waals surface area contributed by atoms with E-state index in [-0.39, 0.29) is 5.82 Å². The third-order valence-electron chi connectivity index (χ3n) is 3.73. The van der Waals surface area contributed by atoms with Crippen molar-refractivity contribution in [2.24, 2.45) is 5.92 Å². The van der Waals surface area contributed by atoms with Crippen LogP contribution in [0.3, 0.4) is 0 Å². The maximum Gasteiger partial charge on any atom is 0.131 e. The SMILES string of the molecule is C[C@@H](O)c1c(F)cccc1N(C)CC1CCOCC1. The molecule has 1 aliphatic rings. The molecule has 0 aromatic heterocycles. The Morgan fingerprint density at radius 1 is 1.42 bits per heavy atom. The Morgan fingerprint density at radius 3 is 2.74 bits per heavy atom. The van der Waals surface area contributed by atoms with Crippen LogP contribution in [0.5, 0.6) is 0 Å². The van der Waals surface area contributed by atoms with Crippen LogP contribution in [0.4, 0.5) is 10.1 Å². The zero-order chi connectivity index (χ0) is 13.8. The fraction of sp³-hybridized carbons (Fsp3) is 0.600. The van der Waals surface area contributed by atoms with Crippen molar-refractivity contribution in [2.75, 3.05) is 31.7 Å². The monoisotopic (exact) mass is 267 g/mol. The summed E-state index contributed by atoms with van der Waals surface area (Å²) in [7, 11) is 1.95. The molecule has 1 aromatic rings. The van der Waals surface area contributed by atoms with Gasteiger partial charge in [-0.05, 0) is 37.8 Å². The second-order valence-corrected chi connectivity index (χ2v) is 5.28. The molecule has 3 nitrogen and oxygen atoms in total. The van der Waals surface area contributed by atoms with Crippen molar-refractivity contribution in [3.05, 3.63) is 29.6 Å². The lowest BCUT2D eigenvalue weighted by Crippen LogP contribution is -2.30. The number of halogens is 1. The summed E-state index contributed by atoms with van der Waals surface area (Å²) in [5, 5.41) is 9.75. The first-order valence-corrected chi connectivity index (χ1v) is 6.85. The minimum absolute atomic E-state index is 0.341. The molecular weight excluding hydrogens is 245 g/mol. The first kappa shape index (κ1) is 14.3. The average Bonchev–Trinajstić information content (AvgIpc) is 2.39. The van der Waals surface area contributed by atoms with Gasteiger partial charge in [0, 0.05) is 38.1 Å². The fourth-order valence-corrected chi connectivity index (χ4v) is 2.69. The number of rotatable bonds is 4. The molecule has 0 amide bonds. The van der Waals surface area contributed by atoms with E-state index in [9.17, 15) is 9.50 Å². The fourth-order valence-electron chi connectivity index (χ4n) is 2.69. The Bertz CT molecular complexity index is 417. The Labute approximate surface area is 114 Å². The van der Waals surface area contributed by atoms with Crippen molar-refractivity contribution >= 4 is 5.69 Å². The van der Waals surface area contributed by atoms with Crippen LogP contribution in [-0.4, -0.2) is 31.9 Å². The number of ether oxygens (including phenoxy) is 1. The van der Waals surface area contributed by atoms with Crippen molar-refractivity contribution in [3.8, 4) is 0 Å². The summed E-state index contributed by atoms with van der Waals surface area (Å²) < 4.78 is 19.2. The second-order valence-electron chi connectivity index (χ2n) is 5.28. The second kappa shape index (κ2) is 6.35. The summed E-state index contributed by atoms with van der Waals surface area (Å²) in [6.45, 7) is 4.09. The molecule has 0 radical (unpaired) electrons. The minimum Gasteiger partial charge on any atom is -0.389 e. The number of anilines is 1. The van der Waals surface area contributed by atoms with Crippen molar-refractivity contribution in [1.29, 1.82) is 0 Å². The van der Waals surface area contributed by atoms with Gasteiger partial charge in [0.1, 0.15) is 5.82 Å². The van der Waals surface area contributed by atoms with Gasteiger partial charge in [0.25, 0.3) is 0 Å². The summed E-state index contributed by atoms with van der Waals surface area (Å²) in [5.74, 6) is 0.232. The first-order valence-electron chi connectivity index (χ1n) is 6.85. The van der Waals surface area contributed by atoms with Crippen molar-refractivity contribution < 1.29 is 14.2 Å². The highest BCUT2D eigenvalue weighted by Gasteiger charge is 2.20.